The summed E-state index contributed by atoms with van der Waals surface area (Å²) in [5, 5.41) is 5.71. The lowest BCUT2D eigenvalue weighted by atomic mass is 9.92. The van der Waals surface area contributed by atoms with Crippen LogP contribution in [0.4, 0.5) is 4.79 Å². The molecular weight excluding hydrogens is 232 g/mol. The van der Waals surface area contributed by atoms with Gasteiger partial charge in [-0.15, -0.1) is 0 Å². The number of fused-ring (bicyclic) bond motifs is 4. The van der Waals surface area contributed by atoms with Crippen molar-refractivity contribution in [1.82, 2.24) is 10.6 Å². The Morgan fingerprint density at radius 2 is 2.39 bits per heavy atom. The third kappa shape index (κ3) is 1.75. The van der Waals surface area contributed by atoms with E-state index >= 15 is 0 Å². The molecule has 96 valence electrons. The molecule has 0 aromatic heterocycles. The normalized spacial score (nSPS) is 28.6. The summed E-state index contributed by atoms with van der Waals surface area (Å²) in [4.78, 5) is 11.5. The van der Waals surface area contributed by atoms with Gasteiger partial charge in [0.1, 0.15) is 11.5 Å². The Kier molecular flexibility index (Phi) is 2.36. The van der Waals surface area contributed by atoms with Crippen LogP contribution >= 0.6 is 0 Å². The molecule has 2 aliphatic heterocycles. The van der Waals surface area contributed by atoms with Crippen molar-refractivity contribution >= 4 is 6.03 Å². The molecule has 2 unspecified atom stereocenters. The first kappa shape index (κ1) is 11.2. The lowest BCUT2D eigenvalue weighted by Crippen LogP contribution is -2.62. The first-order chi connectivity index (χ1) is 8.59. The fourth-order valence-corrected chi connectivity index (χ4v) is 2.57. The molecule has 18 heavy (non-hydrogen) atoms. The monoisotopic (exact) mass is 248 g/mol. The zero-order valence-corrected chi connectivity index (χ0v) is 10.4. The van der Waals surface area contributed by atoms with Gasteiger partial charge in [0, 0.05) is 18.1 Å². The van der Waals surface area contributed by atoms with E-state index in [1.165, 1.54) is 0 Å². The average molecular weight is 248 g/mol. The standard InChI is InChI=1S/C13H16N2O3/c1-3-17-8-4-5-9-10-7-13(2,15-12(16)14-10)18-11(9)6-8/h4-6,10H,3,7H2,1-2H3,(H2,14,15,16). The average Bonchev–Trinajstić information content (AvgIpc) is 2.26. The molecule has 5 nitrogen and oxygen atoms in total. The van der Waals surface area contributed by atoms with Gasteiger partial charge in [0.15, 0.2) is 5.72 Å². The summed E-state index contributed by atoms with van der Waals surface area (Å²) in [6, 6.07) is 5.55. The highest BCUT2D eigenvalue weighted by molar-refractivity contribution is 5.77. The number of urea groups is 1. The first-order valence-electron chi connectivity index (χ1n) is 6.14. The van der Waals surface area contributed by atoms with Crippen LogP contribution in [0.1, 0.15) is 31.9 Å². The largest absolute Gasteiger partial charge is 0.494 e. The van der Waals surface area contributed by atoms with E-state index < -0.39 is 5.72 Å². The summed E-state index contributed by atoms with van der Waals surface area (Å²) < 4.78 is 11.4. The molecule has 3 rings (SSSR count). The van der Waals surface area contributed by atoms with Crippen LogP contribution in [0.25, 0.3) is 0 Å². The number of carbonyl (C=O) groups excluding carboxylic acids is 1. The van der Waals surface area contributed by atoms with Crippen LogP contribution in [0.3, 0.4) is 0 Å². The summed E-state index contributed by atoms with van der Waals surface area (Å²) in [6.07, 6.45) is 0.722. The highest BCUT2D eigenvalue weighted by Crippen LogP contribution is 2.41. The van der Waals surface area contributed by atoms with Crippen LogP contribution in [0.5, 0.6) is 11.5 Å². The third-order valence-electron chi connectivity index (χ3n) is 3.28. The quantitative estimate of drug-likeness (QED) is 0.840. The van der Waals surface area contributed by atoms with Crippen LogP contribution in [0.2, 0.25) is 0 Å². The van der Waals surface area contributed by atoms with Crippen molar-refractivity contribution in [1.29, 1.82) is 0 Å². The number of amides is 2. The van der Waals surface area contributed by atoms with Crippen LogP contribution in [-0.4, -0.2) is 18.4 Å². The Balaban J connectivity index is 1.99. The lowest BCUT2D eigenvalue weighted by Gasteiger charge is -2.44. The topological polar surface area (TPSA) is 59.6 Å². The van der Waals surface area contributed by atoms with Crippen molar-refractivity contribution in [2.75, 3.05) is 6.61 Å². The fraction of sp³-hybridized carbons (Fsp3) is 0.462. The summed E-state index contributed by atoms with van der Waals surface area (Å²) >= 11 is 0. The number of hydrogen-bond acceptors (Lipinski definition) is 3. The van der Waals surface area contributed by atoms with E-state index in [4.69, 9.17) is 9.47 Å². The number of hydrogen-bond donors (Lipinski definition) is 2. The van der Waals surface area contributed by atoms with Gasteiger partial charge in [-0.1, -0.05) is 0 Å². The van der Waals surface area contributed by atoms with E-state index in [-0.39, 0.29) is 12.1 Å². The number of nitrogens with one attached hydrogen (secondary N) is 2. The highest BCUT2D eigenvalue weighted by Gasteiger charge is 2.43. The molecule has 0 aliphatic carbocycles. The van der Waals surface area contributed by atoms with Gasteiger partial charge in [-0.05, 0) is 26.0 Å². The van der Waals surface area contributed by atoms with Gasteiger partial charge in [-0.25, -0.2) is 4.79 Å². The molecule has 1 saturated heterocycles. The van der Waals surface area contributed by atoms with Crippen molar-refractivity contribution in [3.63, 3.8) is 0 Å². The minimum atomic E-state index is -0.634. The molecule has 2 atom stereocenters. The van der Waals surface area contributed by atoms with Gasteiger partial charge in [-0.3, -0.25) is 0 Å². The molecule has 1 fully saturated rings. The Hall–Kier alpha value is -1.91. The molecule has 0 saturated carbocycles. The molecule has 1 aromatic carbocycles. The Labute approximate surface area is 105 Å². The highest BCUT2D eigenvalue weighted by atomic mass is 16.5. The SMILES string of the molecule is CCOc1ccc2c(c1)OC1(C)CC2NC(=O)N1. The first-order valence-corrected chi connectivity index (χ1v) is 6.14. The fourth-order valence-electron chi connectivity index (χ4n) is 2.57. The molecular formula is C13H16N2O3. The minimum absolute atomic E-state index is 0.00294. The van der Waals surface area contributed by atoms with E-state index in [9.17, 15) is 4.79 Å². The summed E-state index contributed by atoms with van der Waals surface area (Å²) in [7, 11) is 0. The Bertz CT molecular complexity index is 503. The van der Waals surface area contributed by atoms with Gasteiger partial charge in [0.2, 0.25) is 0 Å². The van der Waals surface area contributed by atoms with E-state index in [1.807, 2.05) is 32.0 Å². The van der Waals surface area contributed by atoms with E-state index in [0.29, 0.717) is 6.61 Å². The zero-order valence-electron chi connectivity index (χ0n) is 10.4. The van der Waals surface area contributed by atoms with Crippen molar-refractivity contribution in [3.8, 4) is 11.5 Å². The molecule has 0 radical (unpaired) electrons. The van der Waals surface area contributed by atoms with Crippen LogP contribution in [0, 0.1) is 0 Å². The number of benzene rings is 1. The van der Waals surface area contributed by atoms with Crippen molar-refractivity contribution in [2.24, 2.45) is 0 Å². The predicted octanol–water partition coefficient (Wildman–Crippen LogP) is 1.94. The molecule has 1 aromatic rings. The second kappa shape index (κ2) is 3.80. The summed E-state index contributed by atoms with van der Waals surface area (Å²) in [6.45, 7) is 4.45. The lowest BCUT2D eigenvalue weighted by molar-refractivity contribution is 0.0117. The molecule has 2 heterocycles. The molecule has 2 aliphatic rings. The van der Waals surface area contributed by atoms with Gasteiger partial charge in [0.05, 0.1) is 12.6 Å². The molecule has 2 amide bonds. The van der Waals surface area contributed by atoms with Crippen LogP contribution in [-0.2, 0) is 0 Å². The molecule has 2 N–H and O–H groups in total. The number of carbonyl (C=O) groups is 1. The van der Waals surface area contributed by atoms with E-state index in [2.05, 4.69) is 10.6 Å². The molecule has 2 bridgehead atoms. The van der Waals surface area contributed by atoms with Gasteiger partial charge < -0.3 is 20.1 Å². The van der Waals surface area contributed by atoms with Crippen molar-refractivity contribution < 1.29 is 14.3 Å². The third-order valence-corrected chi connectivity index (χ3v) is 3.28. The van der Waals surface area contributed by atoms with Crippen LogP contribution in [0.15, 0.2) is 18.2 Å². The second-order valence-electron chi connectivity index (χ2n) is 4.82. The second-order valence-corrected chi connectivity index (χ2v) is 4.82. The Morgan fingerprint density at radius 3 is 3.17 bits per heavy atom. The maximum Gasteiger partial charge on any atom is 0.318 e. The van der Waals surface area contributed by atoms with Crippen molar-refractivity contribution in [2.45, 2.75) is 32.0 Å². The maximum absolute atomic E-state index is 11.5. The summed E-state index contributed by atoms with van der Waals surface area (Å²) in [5.74, 6) is 1.55. The minimum Gasteiger partial charge on any atom is -0.494 e. The maximum atomic E-state index is 11.5. The summed E-state index contributed by atoms with van der Waals surface area (Å²) in [5.41, 5.74) is 0.371. The van der Waals surface area contributed by atoms with Gasteiger partial charge >= 0.3 is 6.03 Å². The van der Waals surface area contributed by atoms with E-state index in [0.717, 1.165) is 23.5 Å². The predicted molar refractivity (Wildman–Crippen MR) is 65.7 cm³/mol. The van der Waals surface area contributed by atoms with Crippen molar-refractivity contribution in [3.05, 3.63) is 23.8 Å². The number of ether oxygens (including phenoxy) is 2. The molecule has 0 spiro atoms. The van der Waals surface area contributed by atoms with E-state index in [1.54, 1.807) is 0 Å². The molecule has 5 heteroatoms. The number of rotatable bonds is 2. The Morgan fingerprint density at radius 1 is 1.56 bits per heavy atom. The smallest absolute Gasteiger partial charge is 0.318 e. The van der Waals surface area contributed by atoms with Gasteiger partial charge in [0.25, 0.3) is 0 Å². The van der Waals surface area contributed by atoms with Gasteiger partial charge in [-0.2, -0.15) is 0 Å². The van der Waals surface area contributed by atoms with Crippen LogP contribution < -0.4 is 20.1 Å². The zero-order chi connectivity index (χ0) is 12.8.